The zero-order valence-corrected chi connectivity index (χ0v) is 20.1. The molecule has 5 aromatic rings. The quantitative estimate of drug-likeness (QED) is 0.334. The van der Waals surface area contributed by atoms with Gasteiger partial charge in [0.2, 0.25) is 5.69 Å². The first-order valence-corrected chi connectivity index (χ1v) is 12.3. The predicted octanol–water partition coefficient (Wildman–Crippen LogP) is 5.73. The lowest BCUT2D eigenvalue weighted by atomic mass is 9.96. The van der Waals surface area contributed by atoms with Crippen molar-refractivity contribution in [1.82, 2.24) is 29.6 Å². The molecule has 0 saturated carbocycles. The first kappa shape index (κ1) is 22.4. The van der Waals surface area contributed by atoms with E-state index in [0.717, 1.165) is 64.8 Å². The van der Waals surface area contributed by atoms with Crippen molar-refractivity contribution in [2.45, 2.75) is 25.8 Å². The molecule has 1 atom stereocenters. The molecule has 0 radical (unpaired) electrons. The maximum Gasteiger partial charge on any atom is 0.222 e. The fraction of sp³-hybridized carbons (Fsp3) is 0.286. The van der Waals surface area contributed by atoms with Crippen LogP contribution in [0.3, 0.4) is 0 Å². The molecule has 4 heterocycles. The predicted molar refractivity (Wildman–Crippen MR) is 139 cm³/mol. The molecule has 8 heteroatoms. The maximum atomic E-state index is 14.8. The molecule has 1 unspecified atom stereocenters. The highest BCUT2D eigenvalue weighted by Gasteiger charge is 2.20. The number of benzene rings is 2. The van der Waals surface area contributed by atoms with Gasteiger partial charge in [-0.15, -0.1) is 0 Å². The van der Waals surface area contributed by atoms with Crippen molar-refractivity contribution in [2.24, 2.45) is 13.0 Å². The van der Waals surface area contributed by atoms with E-state index in [2.05, 4.69) is 25.9 Å². The Labute approximate surface area is 208 Å². The van der Waals surface area contributed by atoms with Crippen LogP contribution in [0.1, 0.15) is 19.3 Å². The minimum atomic E-state index is -0.543. The highest BCUT2D eigenvalue weighted by molar-refractivity contribution is 6.00. The van der Waals surface area contributed by atoms with Gasteiger partial charge in [-0.05, 0) is 62.0 Å². The second-order valence-electron chi connectivity index (χ2n) is 9.48. The first-order valence-electron chi connectivity index (χ1n) is 12.3. The summed E-state index contributed by atoms with van der Waals surface area (Å²) in [5, 5.41) is 8.84. The van der Waals surface area contributed by atoms with Gasteiger partial charge in [-0.3, -0.25) is 9.67 Å². The Morgan fingerprint density at radius 3 is 2.81 bits per heavy atom. The van der Waals surface area contributed by atoms with Crippen LogP contribution >= 0.6 is 0 Å². The molecule has 1 saturated heterocycles. The number of halogens is 1. The third-order valence-electron chi connectivity index (χ3n) is 7.19. The summed E-state index contributed by atoms with van der Waals surface area (Å²) in [5.74, 6) is 0.0301. The van der Waals surface area contributed by atoms with Gasteiger partial charge in [-0.25, -0.2) is 14.2 Å². The SMILES string of the molecule is [C-]#[N+]c1ccc(-c2c(-c3ccc4c(cnn4C)c3)ncc3c2ncn3CC2CCCNCC2)cc1F. The van der Waals surface area contributed by atoms with E-state index < -0.39 is 5.82 Å². The molecule has 0 amide bonds. The van der Waals surface area contributed by atoms with Gasteiger partial charge in [-0.1, -0.05) is 18.2 Å². The molecule has 0 bridgehead atoms. The van der Waals surface area contributed by atoms with Crippen molar-refractivity contribution in [3.05, 3.63) is 72.4 Å². The molecular formula is C28H26FN7. The Hall–Kier alpha value is -4.09. The maximum absolute atomic E-state index is 14.8. The number of pyridine rings is 1. The Morgan fingerprint density at radius 1 is 1.06 bits per heavy atom. The molecule has 36 heavy (non-hydrogen) atoms. The van der Waals surface area contributed by atoms with Gasteiger partial charge in [0.15, 0.2) is 0 Å². The van der Waals surface area contributed by atoms with Crippen LogP contribution in [-0.2, 0) is 13.6 Å². The van der Waals surface area contributed by atoms with Gasteiger partial charge in [0.05, 0.1) is 42.0 Å². The number of hydrogen-bond donors (Lipinski definition) is 1. The molecule has 3 aromatic heterocycles. The minimum absolute atomic E-state index is 0.00437. The fourth-order valence-corrected chi connectivity index (χ4v) is 5.28. The fourth-order valence-electron chi connectivity index (χ4n) is 5.28. The summed E-state index contributed by atoms with van der Waals surface area (Å²) in [4.78, 5) is 13.0. The number of aryl methyl sites for hydroxylation is 1. The molecule has 6 rings (SSSR count). The van der Waals surface area contributed by atoms with Gasteiger partial charge in [0.25, 0.3) is 0 Å². The topological polar surface area (TPSA) is 64.9 Å². The number of nitrogens with zero attached hydrogens (tertiary/aromatic N) is 6. The highest BCUT2D eigenvalue weighted by Crippen LogP contribution is 2.38. The van der Waals surface area contributed by atoms with E-state index in [9.17, 15) is 4.39 Å². The smallest absolute Gasteiger partial charge is 0.222 e. The Morgan fingerprint density at radius 2 is 1.94 bits per heavy atom. The number of aromatic nitrogens is 5. The lowest BCUT2D eigenvalue weighted by molar-refractivity contribution is 0.409. The summed E-state index contributed by atoms with van der Waals surface area (Å²) in [5.41, 5.74) is 5.81. The summed E-state index contributed by atoms with van der Waals surface area (Å²) in [6, 6.07) is 10.8. The Balaban J connectivity index is 1.52. The van der Waals surface area contributed by atoms with Crippen molar-refractivity contribution < 1.29 is 4.39 Å². The number of fused-ring (bicyclic) bond motifs is 2. The summed E-state index contributed by atoms with van der Waals surface area (Å²) in [7, 11) is 1.91. The van der Waals surface area contributed by atoms with Crippen LogP contribution < -0.4 is 5.32 Å². The van der Waals surface area contributed by atoms with E-state index in [0.29, 0.717) is 11.5 Å². The Bertz CT molecular complexity index is 1620. The monoisotopic (exact) mass is 479 g/mol. The number of rotatable bonds is 4. The molecule has 180 valence electrons. The van der Waals surface area contributed by atoms with Crippen molar-refractivity contribution in [1.29, 1.82) is 0 Å². The third-order valence-corrected chi connectivity index (χ3v) is 7.19. The molecule has 1 aliphatic heterocycles. The van der Waals surface area contributed by atoms with Crippen LogP contribution in [0.25, 0.3) is 49.2 Å². The van der Waals surface area contributed by atoms with Crippen LogP contribution in [0.15, 0.2) is 55.1 Å². The lowest BCUT2D eigenvalue weighted by Gasteiger charge is -2.16. The lowest BCUT2D eigenvalue weighted by Crippen LogP contribution is -2.15. The third kappa shape index (κ3) is 3.91. The van der Waals surface area contributed by atoms with Crippen LogP contribution in [-0.4, -0.2) is 37.4 Å². The minimum Gasteiger partial charge on any atom is -0.329 e. The van der Waals surface area contributed by atoms with Gasteiger partial charge in [-0.2, -0.15) is 5.10 Å². The van der Waals surface area contributed by atoms with Crippen LogP contribution in [0.5, 0.6) is 0 Å². The number of nitrogens with one attached hydrogen (secondary N) is 1. The van der Waals surface area contributed by atoms with Gasteiger partial charge in [0.1, 0.15) is 11.3 Å². The summed E-state index contributed by atoms with van der Waals surface area (Å²) in [6.45, 7) is 10.2. The van der Waals surface area contributed by atoms with E-state index >= 15 is 0 Å². The summed E-state index contributed by atoms with van der Waals surface area (Å²) < 4.78 is 18.8. The Kier molecular flexibility index (Phi) is 5.70. The molecule has 1 aliphatic rings. The van der Waals surface area contributed by atoms with Crippen LogP contribution in [0.2, 0.25) is 0 Å². The van der Waals surface area contributed by atoms with Crippen molar-refractivity contribution in [3.63, 3.8) is 0 Å². The number of hydrogen-bond acceptors (Lipinski definition) is 4. The first-order chi connectivity index (χ1) is 17.6. The van der Waals surface area contributed by atoms with Crippen molar-refractivity contribution >= 4 is 27.6 Å². The van der Waals surface area contributed by atoms with Crippen molar-refractivity contribution in [3.8, 4) is 22.4 Å². The molecule has 1 fully saturated rings. The molecule has 7 nitrogen and oxygen atoms in total. The number of imidazole rings is 1. The largest absolute Gasteiger partial charge is 0.329 e. The van der Waals surface area contributed by atoms with E-state index in [1.165, 1.54) is 25.0 Å². The summed E-state index contributed by atoms with van der Waals surface area (Å²) >= 11 is 0. The highest BCUT2D eigenvalue weighted by atomic mass is 19.1. The second-order valence-corrected chi connectivity index (χ2v) is 9.48. The molecule has 0 spiro atoms. The standard InChI is InChI=1S/C28H26FN7/c1-30-23-7-5-19(13-22(23)29)26-27(20-6-8-24-21(12-20)14-34-35(24)2)32-15-25-28(26)33-17-36(25)16-18-4-3-10-31-11-9-18/h5-8,12-15,17-18,31H,3-4,9-11,16H2,2H3. The van der Waals surface area contributed by atoms with Crippen LogP contribution in [0, 0.1) is 18.3 Å². The molecule has 2 aromatic carbocycles. The summed E-state index contributed by atoms with van der Waals surface area (Å²) in [6.07, 6.45) is 9.08. The van der Waals surface area contributed by atoms with E-state index in [1.54, 1.807) is 6.07 Å². The average molecular weight is 480 g/mol. The zero-order chi connectivity index (χ0) is 24.6. The zero-order valence-electron chi connectivity index (χ0n) is 20.1. The van der Waals surface area contributed by atoms with Gasteiger partial charge >= 0.3 is 0 Å². The molecular weight excluding hydrogens is 453 g/mol. The van der Waals surface area contributed by atoms with E-state index in [4.69, 9.17) is 16.5 Å². The van der Waals surface area contributed by atoms with Crippen molar-refractivity contribution in [2.75, 3.05) is 13.1 Å². The van der Waals surface area contributed by atoms with Gasteiger partial charge in [0, 0.05) is 30.1 Å². The van der Waals surface area contributed by atoms with Crippen LogP contribution in [0.4, 0.5) is 10.1 Å². The second kappa shape index (κ2) is 9.17. The average Bonchev–Trinajstić information content (AvgIpc) is 3.36. The molecule has 1 N–H and O–H groups in total. The molecule has 0 aliphatic carbocycles. The normalized spacial score (nSPS) is 16.3. The van der Waals surface area contributed by atoms with Gasteiger partial charge < -0.3 is 9.88 Å². The van der Waals surface area contributed by atoms with E-state index in [-0.39, 0.29) is 5.69 Å². The van der Waals surface area contributed by atoms with E-state index in [1.807, 2.05) is 42.6 Å².